The predicted molar refractivity (Wildman–Crippen MR) is 101 cm³/mol. The van der Waals surface area contributed by atoms with Gasteiger partial charge in [0.25, 0.3) is 0 Å². The van der Waals surface area contributed by atoms with Crippen LogP contribution < -0.4 is 5.32 Å². The van der Waals surface area contributed by atoms with Crippen molar-refractivity contribution < 1.29 is 32.6 Å². The number of hydrogen-bond donors (Lipinski definition) is 2. The third kappa shape index (κ3) is 6.68. The fraction of sp³-hybridized carbons (Fsp3) is 0.684. The number of carbonyl (C=O) groups is 2. The maximum Gasteiger partial charge on any atom is 0.490 e. The Hall–Kier alpha value is -1.65. The van der Waals surface area contributed by atoms with E-state index in [1.807, 2.05) is 11.3 Å². The molecule has 2 aliphatic heterocycles. The molecule has 0 aromatic carbocycles. The first kappa shape index (κ1) is 22.0. The summed E-state index contributed by atoms with van der Waals surface area (Å²) in [4.78, 5) is 26.1. The zero-order valence-corrected chi connectivity index (χ0v) is 16.9. The van der Waals surface area contributed by atoms with Crippen molar-refractivity contribution in [3.8, 4) is 0 Å². The predicted octanol–water partition coefficient (Wildman–Crippen LogP) is 2.95. The molecule has 4 rings (SSSR count). The molecule has 6 nitrogen and oxygen atoms in total. The van der Waals surface area contributed by atoms with Crippen LogP contribution in [-0.2, 0) is 20.9 Å². The number of rotatable bonds is 5. The first-order valence-corrected chi connectivity index (χ1v) is 10.4. The molecule has 3 aliphatic rings. The molecule has 10 heteroatoms. The minimum absolute atomic E-state index is 0.139. The van der Waals surface area contributed by atoms with E-state index in [1.54, 1.807) is 0 Å². The molecule has 1 amide bonds. The summed E-state index contributed by atoms with van der Waals surface area (Å²) >= 11 is 1.89. The van der Waals surface area contributed by atoms with Gasteiger partial charge in [-0.3, -0.25) is 9.69 Å². The number of aryl methyl sites for hydroxylation is 1. The molecule has 3 fully saturated rings. The molecular weight excluding hydrogens is 409 g/mol. The highest BCUT2D eigenvalue weighted by molar-refractivity contribution is 7.11. The molecule has 29 heavy (non-hydrogen) atoms. The standard InChI is InChI=1S/C17H24N2O2S.C2HF3O2/c1-11-2-5-15(22-11)9-19-8-12-6-14(21-16(12)10-19)7-17(20)18-13-3-4-13;3-2(4,5)1(6)7/h2,5,12-14,16H,3-4,6-10H2,1H3,(H,18,20);(H,6,7)/t12-,14+,16+;/m0./s1. The highest BCUT2D eigenvalue weighted by Gasteiger charge is 2.42. The molecule has 3 atom stereocenters. The number of halogens is 3. The lowest BCUT2D eigenvalue weighted by molar-refractivity contribution is -0.192. The van der Waals surface area contributed by atoms with Gasteiger partial charge in [-0.15, -0.1) is 11.3 Å². The maximum atomic E-state index is 11.9. The molecule has 3 heterocycles. The van der Waals surface area contributed by atoms with E-state index < -0.39 is 12.1 Å². The number of carboxylic acid groups (broad SMARTS) is 1. The monoisotopic (exact) mass is 434 g/mol. The van der Waals surface area contributed by atoms with E-state index in [-0.39, 0.29) is 12.0 Å². The fourth-order valence-corrected chi connectivity index (χ4v) is 4.65. The summed E-state index contributed by atoms with van der Waals surface area (Å²) < 4.78 is 37.9. The lowest BCUT2D eigenvalue weighted by atomic mass is 10.0. The molecule has 0 unspecified atom stereocenters. The number of likely N-dealkylation sites (tertiary alicyclic amines) is 1. The Balaban J connectivity index is 0.000000298. The first-order chi connectivity index (χ1) is 13.6. The third-order valence-electron chi connectivity index (χ3n) is 5.16. The van der Waals surface area contributed by atoms with Crippen molar-refractivity contribution in [2.24, 2.45) is 5.92 Å². The van der Waals surface area contributed by atoms with Gasteiger partial charge in [0.05, 0.1) is 18.6 Å². The average Bonchev–Trinajstić information content (AvgIpc) is 3.00. The van der Waals surface area contributed by atoms with E-state index in [0.29, 0.717) is 24.5 Å². The van der Waals surface area contributed by atoms with Crippen molar-refractivity contribution in [2.45, 2.75) is 63.6 Å². The largest absolute Gasteiger partial charge is 0.490 e. The highest BCUT2D eigenvalue weighted by Crippen LogP contribution is 2.35. The van der Waals surface area contributed by atoms with Crippen LogP contribution in [0.1, 0.15) is 35.4 Å². The SMILES string of the molecule is Cc1ccc(CN2C[C@@H]3C[C@H](CC(=O)NC4CC4)O[C@@H]3C2)s1.O=C(O)C(F)(F)F. The van der Waals surface area contributed by atoms with Crippen LogP contribution in [0.2, 0.25) is 0 Å². The van der Waals surface area contributed by atoms with Crippen LogP contribution in [0.5, 0.6) is 0 Å². The molecule has 0 radical (unpaired) electrons. The smallest absolute Gasteiger partial charge is 0.475 e. The Morgan fingerprint density at radius 3 is 2.52 bits per heavy atom. The number of nitrogens with zero attached hydrogens (tertiary/aromatic N) is 1. The minimum atomic E-state index is -5.08. The van der Waals surface area contributed by atoms with Crippen molar-refractivity contribution in [1.29, 1.82) is 0 Å². The van der Waals surface area contributed by atoms with Crippen LogP contribution in [0.3, 0.4) is 0 Å². The second-order valence-corrected chi connectivity index (χ2v) is 9.22. The zero-order valence-electron chi connectivity index (χ0n) is 16.1. The molecule has 1 saturated carbocycles. The number of nitrogens with one attached hydrogen (secondary N) is 1. The number of carbonyl (C=O) groups excluding carboxylic acids is 1. The lowest BCUT2D eigenvalue weighted by Crippen LogP contribution is -2.30. The van der Waals surface area contributed by atoms with Crippen LogP contribution in [0.15, 0.2) is 12.1 Å². The number of hydrogen-bond acceptors (Lipinski definition) is 5. The van der Waals surface area contributed by atoms with E-state index in [4.69, 9.17) is 14.6 Å². The fourth-order valence-electron chi connectivity index (χ4n) is 3.72. The van der Waals surface area contributed by atoms with Crippen molar-refractivity contribution in [3.05, 3.63) is 21.9 Å². The quantitative estimate of drug-likeness (QED) is 0.745. The highest BCUT2D eigenvalue weighted by atomic mass is 32.1. The molecular formula is C19H25F3N2O4S. The second kappa shape index (κ2) is 9.01. The van der Waals surface area contributed by atoms with Gasteiger partial charge in [0.2, 0.25) is 5.91 Å². The number of thiophene rings is 1. The molecule has 1 aromatic heterocycles. The van der Waals surface area contributed by atoms with Crippen molar-refractivity contribution >= 4 is 23.2 Å². The summed E-state index contributed by atoms with van der Waals surface area (Å²) in [6.07, 6.45) is -0.713. The van der Waals surface area contributed by atoms with Crippen LogP contribution in [0.25, 0.3) is 0 Å². The van der Waals surface area contributed by atoms with Crippen LogP contribution in [0.4, 0.5) is 13.2 Å². The Labute approximate surface area is 171 Å². The van der Waals surface area contributed by atoms with Gasteiger partial charge in [0.1, 0.15) is 0 Å². The Morgan fingerprint density at radius 2 is 2.00 bits per heavy atom. The molecule has 1 aliphatic carbocycles. The summed E-state index contributed by atoms with van der Waals surface area (Å²) in [6, 6.07) is 4.89. The third-order valence-corrected chi connectivity index (χ3v) is 6.15. The second-order valence-electron chi connectivity index (χ2n) is 7.85. The summed E-state index contributed by atoms with van der Waals surface area (Å²) in [7, 11) is 0. The van der Waals surface area contributed by atoms with Gasteiger partial charge in [-0.2, -0.15) is 13.2 Å². The number of ether oxygens (including phenoxy) is 1. The van der Waals surface area contributed by atoms with Gasteiger partial charge < -0.3 is 15.2 Å². The molecule has 0 bridgehead atoms. The zero-order chi connectivity index (χ0) is 21.2. The average molecular weight is 434 g/mol. The van der Waals surface area contributed by atoms with E-state index >= 15 is 0 Å². The Morgan fingerprint density at radius 1 is 1.31 bits per heavy atom. The van der Waals surface area contributed by atoms with E-state index in [0.717, 1.165) is 38.9 Å². The number of carboxylic acids is 1. The summed E-state index contributed by atoms with van der Waals surface area (Å²) in [5.41, 5.74) is 0. The topological polar surface area (TPSA) is 78.9 Å². The summed E-state index contributed by atoms with van der Waals surface area (Å²) in [5.74, 6) is -1.97. The van der Waals surface area contributed by atoms with Crippen molar-refractivity contribution in [2.75, 3.05) is 13.1 Å². The van der Waals surface area contributed by atoms with Gasteiger partial charge in [-0.1, -0.05) is 0 Å². The van der Waals surface area contributed by atoms with E-state index in [2.05, 4.69) is 29.3 Å². The van der Waals surface area contributed by atoms with Crippen molar-refractivity contribution in [3.63, 3.8) is 0 Å². The van der Waals surface area contributed by atoms with Crippen LogP contribution in [0, 0.1) is 12.8 Å². The first-order valence-electron chi connectivity index (χ1n) is 9.62. The number of alkyl halides is 3. The summed E-state index contributed by atoms with van der Waals surface area (Å²) in [6.45, 7) is 5.33. The normalized spacial score (nSPS) is 26.6. The van der Waals surface area contributed by atoms with Crippen LogP contribution >= 0.6 is 11.3 Å². The molecule has 1 aromatic rings. The van der Waals surface area contributed by atoms with Gasteiger partial charge in [-0.25, -0.2) is 4.79 Å². The Bertz CT molecular complexity index is 721. The Kier molecular flexibility index (Phi) is 6.85. The van der Waals surface area contributed by atoms with E-state index in [1.165, 1.54) is 9.75 Å². The number of amides is 1. The molecule has 2 N–H and O–H groups in total. The van der Waals surface area contributed by atoms with Gasteiger partial charge in [0, 0.05) is 41.3 Å². The van der Waals surface area contributed by atoms with E-state index in [9.17, 15) is 18.0 Å². The number of aliphatic carboxylic acids is 1. The minimum Gasteiger partial charge on any atom is -0.475 e. The maximum absolute atomic E-state index is 11.9. The molecule has 2 saturated heterocycles. The molecule has 162 valence electrons. The van der Waals surface area contributed by atoms with Gasteiger partial charge >= 0.3 is 12.1 Å². The van der Waals surface area contributed by atoms with Crippen molar-refractivity contribution in [1.82, 2.24) is 10.2 Å². The van der Waals surface area contributed by atoms with Gasteiger partial charge in [0.15, 0.2) is 0 Å². The summed E-state index contributed by atoms with van der Waals surface area (Å²) in [5, 5.41) is 10.2. The van der Waals surface area contributed by atoms with Crippen LogP contribution in [-0.4, -0.2) is 59.4 Å². The van der Waals surface area contributed by atoms with Gasteiger partial charge in [-0.05, 0) is 38.3 Å². The number of fused-ring (bicyclic) bond motifs is 1. The molecule has 0 spiro atoms. The lowest BCUT2D eigenvalue weighted by Gasteiger charge is -2.18.